The first-order chi connectivity index (χ1) is 9.52. The van der Waals surface area contributed by atoms with E-state index in [1.54, 1.807) is 18.2 Å². The second kappa shape index (κ2) is 6.07. The number of amides is 1. The lowest BCUT2D eigenvalue weighted by Crippen LogP contribution is -2.36. The summed E-state index contributed by atoms with van der Waals surface area (Å²) in [5.74, 6) is -0.996. The van der Waals surface area contributed by atoms with Crippen molar-refractivity contribution >= 4 is 11.9 Å². The van der Waals surface area contributed by atoms with Crippen molar-refractivity contribution in [2.45, 2.75) is 39.0 Å². The Hall–Kier alpha value is -1.84. The van der Waals surface area contributed by atoms with E-state index in [9.17, 15) is 14.7 Å². The van der Waals surface area contributed by atoms with Crippen molar-refractivity contribution < 1.29 is 14.7 Å². The van der Waals surface area contributed by atoms with Crippen molar-refractivity contribution in [2.75, 3.05) is 13.1 Å². The van der Waals surface area contributed by atoms with E-state index in [1.807, 2.05) is 18.7 Å². The second-order valence-corrected chi connectivity index (χ2v) is 5.58. The van der Waals surface area contributed by atoms with Crippen molar-refractivity contribution in [1.82, 2.24) is 4.90 Å². The molecule has 0 aliphatic carbocycles. The van der Waals surface area contributed by atoms with E-state index in [4.69, 9.17) is 0 Å². The van der Waals surface area contributed by atoms with Gasteiger partial charge < -0.3 is 10.0 Å². The molecule has 1 aliphatic heterocycles. The van der Waals surface area contributed by atoms with Crippen LogP contribution in [0.5, 0.6) is 0 Å². The Morgan fingerprint density at radius 1 is 1.10 bits per heavy atom. The minimum Gasteiger partial charge on any atom is -0.478 e. The zero-order valence-corrected chi connectivity index (χ0v) is 12.1. The molecule has 1 fully saturated rings. The first-order valence-corrected chi connectivity index (χ1v) is 7.18. The van der Waals surface area contributed by atoms with Gasteiger partial charge >= 0.3 is 5.97 Å². The molecule has 0 radical (unpaired) electrons. The highest BCUT2D eigenvalue weighted by Crippen LogP contribution is 2.26. The molecule has 0 unspecified atom stereocenters. The average Bonchev–Trinajstić information content (AvgIpc) is 2.46. The molecule has 1 N–H and O–H groups in total. The molecule has 108 valence electrons. The lowest BCUT2D eigenvalue weighted by molar-refractivity contribution is 0.0695. The standard InChI is InChI=1S/C16H21NO3/c1-11(2)14-12(7-6-8-13(14)16(19)20)15(18)17-9-4-3-5-10-17/h6-8,11H,3-5,9-10H2,1-2H3,(H,19,20). The Morgan fingerprint density at radius 3 is 2.25 bits per heavy atom. The molecule has 20 heavy (non-hydrogen) atoms. The predicted molar refractivity (Wildman–Crippen MR) is 77.2 cm³/mol. The van der Waals surface area contributed by atoms with E-state index < -0.39 is 5.97 Å². The molecule has 0 saturated carbocycles. The molecule has 1 aliphatic rings. The number of hydrogen-bond donors (Lipinski definition) is 1. The van der Waals surface area contributed by atoms with Crippen LogP contribution in [-0.2, 0) is 0 Å². The van der Waals surface area contributed by atoms with Gasteiger partial charge in [0.15, 0.2) is 0 Å². The first kappa shape index (κ1) is 14.6. The Morgan fingerprint density at radius 2 is 1.70 bits per heavy atom. The van der Waals surface area contributed by atoms with Gasteiger partial charge in [0.05, 0.1) is 5.56 Å². The number of likely N-dealkylation sites (tertiary alicyclic amines) is 1. The van der Waals surface area contributed by atoms with Gasteiger partial charge in [-0.05, 0) is 42.9 Å². The van der Waals surface area contributed by atoms with E-state index in [-0.39, 0.29) is 17.4 Å². The third-order valence-corrected chi connectivity index (χ3v) is 3.79. The molecule has 0 bridgehead atoms. The summed E-state index contributed by atoms with van der Waals surface area (Å²) in [7, 11) is 0. The summed E-state index contributed by atoms with van der Waals surface area (Å²) in [5.41, 5.74) is 1.43. The predicted octanol–water partition coefficient (Wildman–Crippen LogP) is 3.13. The molecular weight excluding hydrogens is 254 g/mol. The van der Waals surface area contributed by atoms with Crippen LogP contribution in [0.2, 0.25) is 0 Å². The Balaban J connectivity index is 2.42. The first-order valence-electron chi connectivity index (χ1n) is 7.18. The van der Waals surface area contributed by atoms with Gasteiger partial charge in [-0.15, -0.1) is 0 Å². The molecule has 0 aromatic heterocycles. The average molecular weight is 275 g/mol. The van der Waals surface area contributed by atoms with Crippen LogP contribution in [0.15, 0.2) is 18.2 Å². The quantitative estimate of drug-likeness (QED) is 0.922. The number of piperidine rings is 1. The van der Waals surface area contributed by atoms with Crippen LogP contribution in [0.1, 0.15) is 65.3 Å². The van der Waals surface area contributed by atoms with E-state index in [0.29, 0.717) is 11.1 Å². The van der Waals surface area contributed by atoms with Gasteiger partial charge in [-0.2, -0.15) is 0 Å². The van der Waals surface area contributed by atoms with Gasteiger partial charge in [-0.25, -0.2) is 4.79 Å². The highest BCUT2D eigenvalue weighted by atomic mass is 16.4. The molecule has 0 spiro atoms. The number of nitrogens with zero attached hydrogens (tertiary/aromatic N) is 1. The van der Waals surface area contributed by atoms with Crippen molar-refractivity contribution in [3.8, 4) is 0 Å². The fourth-order valence-corrected chi connectivity index (χ4v) is 2.83. The lowest BCUT2D eigenvalue weighted by atomic mass is 9.91. The second-order valence-electron chi connectivity index (χ2n) is 5.58. The van der Waals surface area contributed by atoms with Gasteiger partial charge in [0.1, 0.15) is 0 Å². The number of carbonyl (C=O) groups excluding carboxylic acids is 1. The van der Waals surface area contributed by atoms with Crippen LogP contribution in [0.25, 0.3) is 0 Å². The molecule has 1 saturated heterocycles. The van der Waals surface area contributed by atoms with Gasteiger partial charge in [-0.1, -0.05) is 19.9 Å². The number of aromatic carboxylic acids is 1. The zero-order valence-electron chi connectivity index (χ0n) is 12.1. The molecule has 1 aromatic carbocycles. The minimum atomic E-state index is -0.970. The van der Waals surface area contributed by atoms with Crippen LogP contribution < -0.4 is 0 Å². The van der Waals surface area contributed by atoms with Crippen molar-refractivity contribution in [3.63, 3.8) is 0 Å². The SMILES string of the molecule is CC(C)c1c(C(=O)O)cccc1C(=O)N1CCCCC1. The fourth-order valence-electron chi connectivity index (χ4n) is 2.83. The number of rotatable bonds is 3. The topological polar surface area (TPSA) is 57.6 Å². The van der Waals surface area contributed by atoms with Gasteiger partial charge in [0.25, 0.3) is 5.91 Å². The maximum absolute atomic E-state index is 12.6. The summed E-state index contributed by atoms with van der Waals surface area (Å²) >= 11 is 0. The molecule has 4 heteroatoms. The summed E-state index contributed by atoms with van der Waals surface area (Å²) in [6.45, 7) is 5.39. The number of carboxylic acids is 1. The highest BCUT2D eigenvalue weighted by molar-refractivity contribution is 6.00. The third-order valence-electron chi connectivity index (χ3n) is 3.79. The van der Waals surface area contributed by atoms with Crippen molar-refractivity contribution in [1.29, 1.82) is 0 Å². The Kier molecular flexibility index (Phi) is 4.42. The summed E-state index contributed by atoms with van der Waals surface area (Å²) in [6.07, 6.45) is 3.22. The maximum Gasteiger partial charge on any atom is 0.335 e. The van der Waals surface area contributed by atoms with Crippen LogP contribution in [0.3, 0.4) is 0 Å². The van der Waals surface area contributed by atoms with E-state index in [0.717, 1.165) is 32.4 Å². The van der Waals surface area contributed by atoms with Crippen molar-refractivity contribution in [3.05, 3.63) is 34.9 Å². The number of carbonyl (C=O) groups is 2. The molecular formula is C16H21NO3. The van der Waals surface area contributed by atoms with Crippen LogP contribution in [0.4, 0.5) is 0 Å². The summed E-state index contributed by atoms with van der Waals surface area (Å²) in [6, 6.07) is 4.98. The molecule has 4 nitrogen and oxygen atoms in total. The Bertz CT molecular complexity index is 516. The monoisotopic (exact) mass is 275 g/mol. The van der Waals surface area contributed by atoms with E-state index in [2.05, 4.69) is 0 Å². The van der Waals surface area contributed by atoms with Crippen molar-refractivity contribution in [2.24, 2.45) is 0 Å². The molecule has 1 aromatic rings. The van der Waals surface area contributed by atoms with E-state index >= 15 is 0 Å². The summed E-state index contributed by atoms with van der Waals surface area (Å²) in [4.78, 5) is 25.8. The summed E-state index contributed by atoms with van der Waals surface area (Å²) in [5, 5.41) is 9.31. The third kappa shape index (κ3) is 2.84. The largest absolute Gasteiger partial charge is 0.478 e. The smallest absolute Gasteiger partial charge is 0.335 e. The number of benzene rings is 1. The Labute approximate surface area is 119 Å². The fraction of sp³-hybridized carbons (Fsp3) is 0.500. The van der Waals surface area contributed by atoms with Crippen LogP contribution in [-0.4, -0.2) is 35.0 Å². The highest BCUT2D eigenvalue weighted by Gasteiger charge is 2.24. The lowest BCUT2D eigenvalue weighted by Gasteiger charge is -2.28. The molecule has 2 rings (SSSR count). The molecule has 1 heterocycles. The van der Waals surface area contributed by atoms with Crippen LogP contribution >= 0.6 is 0 Å². The number of hydrogen-bond acceptors (Lipinski definition) is 2. The van der Waals surface area contributed by atoms with Gasteiger partial charge in [-0.3, -0.25) is 4.79 Å². The maximum atomic E-state index is 12.6. The normalized spacial score (nSPS) is 15.4. The number of carboxylic acid groups (broad SMARTS) is 1. The van der Waals surface area contributed by atoms with E-state index in [1.165, 1.54) is 0 Å². The zero-order chi connectivity index (χ0) is 14.7. The van der Waals surface area contributed by atoms with Gasteiger partial charge in [0.2, 0.25) is 0 Å². The molecule has 1 amide bonds. The molecule has 0 atom stereocenters. The van der Waals surface area contributed by atoms with Crippen LogP contribution in [0, 0.1) is 0 Å². The summed E-state index contributed by atoms with van der Waals surface area (Å²) < 4.78 is 0. The minimum absolute atomic E-state index is 0.00559. The van der Waals surface area contributed by atoms with Gasteiger partial charge in [0, 0.05) is 18.7 Å².